The fourth-order valence-electron chi connectivity index (χ4n) is 8.05. The van der Waals surface area contributed by atoms with Gasteiger partial charge in [0.2, 0.25) is 5.91 Å². The van der Waals surface area contributed by atoms with Gasteiger partial charge in [-0.2, -0.15) is 0 Å². The molecule has 1 amide bonds. The predicted octanol–water partition coefficient (Wildman–Crippen LogP) is 16.9. The highest BCUT2D eigenvalue weighted by Crippen LogP contribution is 2.43. The molecule has 0 saturated heterocycles. The van der Waals surface area contributed by atoms with Crippen LogP contribution in [-0.2, 0) is 18.4 Å². The van der Waals surface area contributed by atoms with Crippen LogP contribution in [0.2, 0.25) is 0 Å². The Kier molecular flexibility index (Phi) is 47.9. The summed E-state index contributed by atoms with van der Waals surface area (Å²) in [6, 6.07) is -0.868. The quantitative estimate of drug-likeness (QED) is 0.0243. The van der Waals surface area contributed by atoms with E-state index in [4.69, 9.17) is 9.05 Å². The maximum absolute atomic E-state index is 12.9. The summed E-state index contributed by atoms with van der Waals surface area (Å²) in [5, 5.41) is 13.8. The molecular weight excluding hydrogens is 852 g/mol. The molecule has 3 atom stereocenters. The van der Waals surface area contributed by atoms with Gasteiger partial charge < -0.3 is 19.8 Å². The molecule has 0 radical (unpaired) electrons. The average Bonchev–Trinajstić information content (AvgIpc) is 3.29. The van der Waals surface area contributed by atoms with Crippen LogP contribution in [0.25, 0.3) is 0 Å². The molecule has 0 aromatic heterocycles. The van der Waals surface area contributed by atoms with Crippen LogP contribution >= 0.6 is 7.82 Å². The molecule has 67 heavy (non-hydrogen) atoms. The van der Waals surface area contributed by atoms with E-state index in [1.807, 2.05) is 27.2 Å². The van der Waals surface area contributed by atoms with Gasteiger partial charge >= 0.3 is 7.82 Å². The van der Waals surface area contributed by atoms with E-state index in [-0.39, 0.29) is 19.1 Å². The molecule has 0 aliphatic carbocycles. The Bertz CT molecular complexity index is 1270. The third kappa shape index (κ3) is 51.9. The monoisotopic (exact) mass is 962 g/mol. The molecular formula is C58H110N2O6P+. The molecule has 0 aromatic carbocycles. The van der Waals surface area contributed by atoms with E-state index in [1.54, 1.807) is 6.08 Å². The van der Waals surface area contributed by atoms with E-state index in [1.165, 1.54) is 173 Å². The number of likely N-dealkylation sites (N-methyl/N-ethyl adjacent to an activating group) is 1. The highest BCUT2D eigenvalue weighted by molar-refractivity contribution is 7.47. The summed E-state index contributed by atoms with van der Waals surface area (Å²) in [4.78, 5) is 23.2. The molecule has 9 heteroatoms. The fraction of sp³-hybridized carbons (Fsp3) is 0.810. The standard InChI is InChI=1S/C58H109N2O6P/c1-6-8-10-12-14-16-18-19-20-21-22-23-24-25-26-27-28-29-30-31-32-33-34-35-36-37-38-39-40-41-42-44-46-48-50-52-58(62)59-56(55-66-67(63,64)65-54-53-60(3,4)5)57(61)51-49-47-45-43-17-15-13-11-9-7-2/h9,11,17-19,21-22,43,49,51,56-57,61H,6-8,10,12-16,20,23-42,44-48,50,52-55H2,1-5H3,(H-,59,62,63,64)/p+1/b11-9+,19-18-,22-21-,43-17+,51-49+. The van der Waals surface area contributed by atoms with Crippen LogP contribution in [0.15, 0.2) is 60.8 Å². The van der Waals surface area contributed by atoms with Crippen molar-refractivity contribution in [2.24, 2.45) is 0 Å². The van der Waals surface area contributed by atoms with Gasteiger partial charge in [-0.1, -0.05) is 235 Å². The third-order valence-electron chi connectivity index (χ3n) is 12.4. The Balaban J connectivity index is 3.91. The summed E-state index contributed by atoms with van der Waals surface area (Å²) in [7, 11) is 1.55. The summed E-state index contributed by atoms with van der Waals surface area (Å²) < 4.78 is 23.5. The van der Waals surface area contributed by atoms with E-state index in [2.05, 4.69) is 67.8 Å². The molecule has 0 fully saturated rings. The van der Waals surface area contributed by atoms with E-state index in [0.717, 1.165) is 57.8 Å². The molecule has 392 valence electrons. The van der Waals surface area contributed by atoms with Gasteiger partial charge in [0.15, 0.2) is 0 Å². The number of aliphatic hydroxyl groups excluding tert-OH is 1. The lowest BCUT2D eigenvalue weighted by atomic mass is 10.0. The maximum atomic E-state index is 12.9. The number of hydrogen-bond acceptors (Lipinski definition) is 5. The summed E-state index contributed by atoms with van der Waals surface area (Å²) in [6.07, 6.45) is 66.5. The second kappa shape index (κ2) is 49.2. The van der Waals surface area contributed by atoms with E-state index < -0.39 is 20.0 Å². The largest absolute Gasteiger partial charge is 0.472 e. The maximum Gasteiger partial charge on any atom is 0.472 e. The first-order chi connectivity index (χ1) is 32.5. The van der Waals surface area contributed by atoms with Crippen LogP contribution in [0.1, 0.15) is 251 Å². The molecule has 0 bridgehead atoms. The Morgan fingerprint density at radius 1 is 0.522 bits per heavy atom. The Hall–Kier alpha value is -1.80. The zero-order valence-electron chi connectivity index (χ0n) is 44.6. The first-order valence-corrected chi connectivity index (χ1v) is 29.7. The van der Waals surface area contributed by atoms with E-state index >= 15 is 0 Å². The number of phosphoric acid groups is 1. The summed E-state index contributed by atoms with van der Waals surface area (Å²) in [5.41, 5.74) is 0. The number of amides is 1. The normalized spacial score (nSPS) is 14.4. The Labute approximate surface area is 415 Å². The highest BCUT2D eigenvalue weighted by Gasteiger charge is 2.27. The Morgan fingerprint density at radius 2 is 0.910 bits per heavy atom. The van der Waals surface area contributed by atoms with Gasteiger partial charge in [0.1, 0.15) is 13.2 Å². The smallest absolute Gasteiger partial charge is 0.387 e. The van der Waals surface area contributed by atoms with Crippen LogP contribution in [0.3, 0.4) is 0 Å². The van der Waals surface area contributed by atoms with Crippen molar-refractivity contribution in [1.29, 1.82) is 0 Å². The number of hydrogen-bond donors (Lipinski definition) is 3. The van der Waals surface area contributed by atoms with Crippen molar-refractivity contribution in [2.75, 3.05) is 40.9 Å². The zero-order chi connectivity index (χ0) is 49.2. The van der Waals surface area contributed by atoms with E-state index in [9.17, 15) is 19.4 Å². The van der Waals surface area contributed by atoms with Crippen LogP contribution in [-0.4, -0.2) is 73.4 Å². The van der Waals surface area contributed by atoms with E-state index in [0.29, 0.717) is 17.4 Å². The van der Waals surface area contributed by atoms with Crippen molar-refractivity contribution < 1.29 is 32.9 Å². The van der Waals surface area contributed by atoms with Crippen molar-refractivity contribution >= 4 is 13.7 Å². The molecule has 0 aliphatic heterocycles. The van der Waals surface area contributed by atoms with Crippen LogP contribution in [0.4, 0.5) is 0 Å². The minimum Gasteiger partial charge on any atom is -0.387 e. The minimum atomic E-state index is -4.35. The minimum absolute atomic E-state index is 0.0529. The lowest BCUT2D eigenvalue weighted by Crippen LogP contribution is -2.45. The number of allylic oxidation sites excluding steroid dienone is 9. The van der Waals surface area contributed by atoms with Gasteiger partial charge in [0.05, 0.1) is 39.9 Å². The molecule has 0 aliphatic rings. The van der Waals surface area contributed by atoms with Crippen LogP contribution < -0.4 is 5.32 Å². The summed E-state index contributed by atoms with van der Waals surface area (Å²) in [5.74, 6) is -0.191. The molecule has 3 N–H and O–H groups in total. The fourth-order valence-corrected chi connectivity index (χ4v) is 8.79. The number of quaternary nitrogens is 1. The number of carbonyl (C=O) groups excluding carboxylic acids is 1. The van der Waals surface area contributed by atoms with Crippen molar-refractivity contribution in [2.45, 2.75) is 264 Å². The van der Waals surface area contributed by atoms with Crippen molar-refractivity contribution in [3.05, 3.63) is 60.8 Å². The number of carbonyl (C=O) groups is 1. The molecule has 0 saturated carbocycles. The number of aliphatic hydroxyl groups is 1. The number of nitrogens with zero attached hydrogens (tertiary/aromatic N) is 1. The molecule has 0 spiro atoms. The topological polar surface area (TPSA) is 105 Å². The third-order valence-corrected chi connectivity index (χ3v) is 13.4. The second-order valence-corrected chi connectivity index (χ2v) is 21.7. The number of phosphoric ester groups is 1. The lowest BCUT2D eigenvalue weighted by molar-refractivity contribution is -0.870. The van der Waals surface area contributed by atoms with Gasteiger partial charge in [-0.15, -0.1) is 0 Å². The van der Waals surface area contributed by atoms with Crippen molar-refractivity contribution in [1.82, 2.24) is 5.32 Å². The SMILES string of the molecule is CC/C=C/CC/C=C/CC/C=C/C(O)C(COP(=O)(O)OCC[N+](C)(C)C)NC(=O)CCCCCCCCCCCCCCCCCCCCCCCCC/C=C\C/C=C\CCCCCCC. The van der Waals surface area contributed by atoms with Gasteiger partial charge in [-0.3, -0.25) is 13.8 Å². The Morgan fingerprint density at radius 3 is 1.34 bits per heavy atom. The molecule has 0 rings (SSSR count). The van der Waals surface area contributed by atoms with Gasteiger partial charge in [0.25, 0.3) is 0 Å². The summed E-state index contributed by atoms with van der Waals surface area (Å²) in [6.45, 7) is 4.66. The average molecular weight is 962 g/mol. The highest BCUT2D eigenvalue weighted by atomic mass is 31.2. The molecule has 3 unspecified atom stereocenters. The first-order valence-electron chi connectivity index (χ1n) is 28.2. The molecule has 0 aromatic rings. The lowest BCUT2D eigenvalue weighted by Gasteiger charge is -2.25. The second-order valence-electron chi connectivity index (χ2n) is 20.3. The number of rotatable bonds is 51. The summed E-state index contributed by atoms with van der Waals surface area (Å²) >= 11 is 0. The van der Waals surface area contributed by atoms with Gasteiger partial charge in [-0.25, -0.2) is 4.57 Å². The van der Waals surface area contributed by atoms with Crippen molar-refractivity contribution in [3.8, 4) is 0 Å². The molecule has 0 heterocycles. The van der Waals surface area contributed by atoms with Crippen molar-refractivity contribution in [3.63, 3.8) is 0 Å². The number of nitrogens with one attached hydrogen (secondary N) is 1. The van der Waals surface area contributed by atoms with Crippen LogP contribution in [0.5, 0.6) is 0 Å². The van der Waals surface area contributed by atoms with Gasteiger partial charge in [0, 0.05) is 6.42 Å². The van der Waals surface area contributed by atoms with Gasteiger partial charge in [-0.05, 0) is 70.6 Å². The van der Waals surface area contributed by atoms with Crippen LogP contribution in [0, 0.1) is 0 Å². The zero-order valence-corrected chi connectivity index (χ0v) is 45.5. The predicted molar refractivity (Wildman–Crippen MR) is 290 cm³/mol. The number of unbranched alkanes of at least 4 members (excludes halogenated alkanes) is 30. The molecule has 8 nitrogen and oxygen atoms in total. The first kappa shape index (κ1) is 65.2.